The van der Waals surface area contributed by atoms with E-state index >= 15 is 0 Å². The smallest absolute Gasteiger partial charge is 0.217 e. The second kappa shape index (κ2) is 6.88. The first-order valence-electron chi connectivity index (χ1n) is 9.86. The van der Waals surface area contributed by atoms with Gasteiger partial charge in [-0.25, -0.2) is 4.98 Å². The predicted octanol–water partition coefficient (Wildman–Crippen LogP) is 4.68. The fraction of sp³-hybridized carbons (Fsp3) is 0.476. The number of nitrogens with one attached hydrogen (secondary N) is 1. The molecule has 2 aliphatic rings. The van der Waals surface area contributed by atoms with Gasteiger partial charge in [-0.05, 0) is 50.8 Å². The molecule has 2 fully saturated rings. The lowest BCUT2D eigenvalue weighted by Crippen LogP contribution is -2.32. The van der Waals surface area contributed by atoms with Crippen molar-refractivity contribution in [3.05, 3.63) is 40.7 Å². The van der Waals surface area contributed by atoms with Crippen LogP contribution >= 0.6 is 11.3 Å². The fourth-order valence-corrected chi connectivity index (χ4v) is 4.84. The van der Waals surface area contributed by atoms with Gasteiger partial charge in [-0.2, -0.15) is 0 Å². The minimum absolute atomic E-state index is 0.0790. The van der Waals surface area contributed by atoms with Gasteiger partial charge in [0.1, 0.15) is 5.75 Å². The number of thiazole rings is 1. The maximum atomic E-state index is 11.2. The van der Waals surface area contributed by atoms with Crippen LogP contribution in [0.3, 0.4) is 0 Å². The van der Waals surface area contributed by atoms with Crippen LogP contribution in [0.2, 0.25) is 0 Å². The highest BCUT2D eigenvalue weighted by atomic mass is 32.1. The van der Waals surface area contributed by atoms with E-state index in [0.29, 0.717) is 17.6 Å². The van der Waals surface area contributed by atoms with Crippen molar-refractivity contribution in [2.45, 2.75) is 63.5 Å². The lowest BCUT2D eigenvalue weighted by Gasteiger charge is -2.34. The van der Waals surface area contributed by atoms with Crippen LogP contribution in [0.1, 0.15) is 73.9 Å². The highest BCUT2D eigenvalue weighted by Gasteiger charge is 2.35. The third-order valence-corrected chi connectivity index (χ3v) is 6.69. The third kappa shape index (κ3) is 3.51. The van der Waals surface area contributed by atoms with E-state index in [1.807, 2.05) is 19.1 Å². The van der Waals surface area contributed by atoms with Crippen molar-refractivity contribution in [2.75, 3.05) is 0 Å². The molecule has 28 heavy (non-hydrogen) atoms. The molecule has 0 spiro atoms. The zero-order chi connectivity index (χ0) is 19.3. The lowest BCUT2D eigenvalue weighted by molar-refractivity contribution is -0.119. The molecule has 0 unspecified atom stereocenters. The number of hydrogen-bond acceptors (Lipinski definition) is 6. The Kier molecular flexibility index (Phi) is 4.34. The van der Waals surface area contributed by atoms with Crippen molar-refractivity contribution in [1.29, 1.82) is 0 Å². The van der Waals surface area contributed by atoms with Gasteiger partial charge in [-0.3, -0.25) is 4.79 Å². The Labute approximate surface area is 167 Å². The number of benzene rings is 1. The monoisotopic (exact) mass is 397 g/mol. The van der Waals surface area contributed by atoms with E-state index in [9.17, 15) is 4.79 Å². The maximum Gasteiger partial charge on any atom is 0.217 e. The number of nitrogens with zero attached hydrogens (tertiary/aromatic N) is 2. The maximum absolute atomic E-state index is 11.2. The van der Waals surface area contributed by atoms with E-state index in [0.717, 1.165) is 29.8 Å². The Hall–Kier alpha value is -2.41. The first-order chi connectivity index (χ1) is 13.5. The molecular formula is C21H23N3O3S. The molecule has 0 aliphatic heterocycles. The van der Waals surface area contributed by atoms with Gasteiger partial charge in [0, 0.05) is 24.8 Å². The first kappa shape index (κ1) is 17.7. The molecule has 1 aromatic carbocycles. The number of ether oxygens (including phenoxy) is 1. The molecule has 7 heteroatoms. The number of amides is 1. The predicted molar refractivity (Wildman–Crippen MR) is 107 cm³/mol. The molecule has 0 radical (unpaired) electrons. The van der Waals surface area contributed by atoms with Gasteiger partial charge in [-0.1, -0.05) is 5.16 Å². The zero-order valence-corrected chi connectivity index (χ0v) is 16.8. The molecule has 1 atom stereocenters. The van der Waals surface area contributed by atoms with Crippen molar-refractivity contribution in [2.24, 2.45) is 0 Å². The van der Waals surface area contributed by atoms with Gasteiger partial charge in [0.15, 0.2) is 5.76 Å². The van der Waals surface area contributed by atoms with E-state index in [1.54, 1.807) is 11.3 Å². The second-order valence-corrected chi connectivity index (χ2v) is 9.00. The van der Waals surface area contributed by atoms with E-state index in [2.05, 4.69) is 22.6 Å². The van der Waals surface area contributed by atoms with Gasteiger partial charge >= 0.3 is 0 Å². The van der Waals surface area contributed by atoms with E-state index in [4.69, 9.17) is 14.2 Å². The minimum atomic E-state index is -0.169. The average molecular weight is 398 g/mol. The van der Waals surface area contributed by atoms with Crippen LogP contribution in [0, 0.1) is 0 Å². The van der Waals surface area contributed by atoms with Crippen molar-refractivity contribution in [3.8, 4) is 5.75 Å². The van der Waals surface area contributed by atoms with Gasteiger partial charge in [-0.15, -0.1) is 11.3 Å². The number of aromatic nitrogens is 2. The SMILES string of the molecule is CC(=O)N[C@@H](C)c1cc(C2CC(Oc3ccc4nc(C5CC5)sc4c3)C2)no1. The Balaban J connectivity index is 1.19. The summed E-state index contributed by atoms with van der Waals surface area (Å²) in [7, 11) is 0. The summed E-state index contributed by atoms with van der Waals surface area (Å²) in [6, 6.07) is 7.99. The Morgan fingerprint density at radius 2 is 2.11 bits per heavy atom. The highest BCUT2D eigenvalue weighted by molar-refractivity contribution is 7.18. The third-order valence-electron chi connectivity index (χ3n) is 5.51. The molecule has 2 aliphatic carbocycles. The van der Waals surface area contributed by atoms with Crippen molar-refractivity contribution >= 4 is 27.5 Å². The molecule has 6 nitrogen and oxygen atoms in total. The molecule has 2 aromatic heterocycles. The van der Waals surface area contributed by atoms with Gasteiger partial charge < -0.3 is 14.6 Å². The topological polar surface area (TPSA) is 77.2 Å². The number of carbonyl (C=O) groups excluding carboxylic acids is 1. The Morgan fingerprint density at radius 3 is 2.86 bits per heavy atom. The standard InChI is InChI=1S/C21H23N3O3S/c1-11(22-12(2)25)19-10-18(24-27-19)14-7-16(8-14)26-15-5-6-17-20(9-15)28-21(23-17)13-3-4-13/h5-6,9-11,13-14,16H,3-4,7-8H2,1-2H3,(H,22,25)/t11-,14?,16?/m0/s1. The largest absolute Gasteiger partial charge is 0.490 e. The molecule has 0 bridgehead atoms. The minimum Gasteiger partial charge on any atom is -0.490 e. The zero-order valence-electron chi connectivity index (χ0n) is 16.0. The van der Waals surface area contributed by atoms with Crippen LogP contribution in [0.4, 0.5) is 0 Å². The lowest BCUT2D eigenvalue weighted by atomic mass is 9.80. The molecule has 3 aromatic rings. The molecule has 2 heterocycles. The summed E-state index contributed by atoms with van der Waals surface area (Å²) in [5.41, 5.74) is 2.02. The van der Waals surface area contributed by atoms with Crippen LogP contribution in [-0.2, 0) is 4.79 Å². The Morgan fingerprint density at radius 1 is 1.29 bits per heavy atom. The number of fused-ring (bicyclic) bond motifs is 1. The summed E-state index contributed by atoms with van der Waals surface area (Å²) in [5, 5.41) is 8.27. The quantitative estimate of drug-likeness (QED) is 0.653. The Bertz CT molecular complexity index is 1020. The summed E-state index contributed by atoms with van der Waals surface area (Å²) in [4.78, 5) is 15.9. The number of carbonyl (C=O) groups is 1. The molecular weight excluding hydrogens is 374 g/mol. The van der Waals surface area contributed by atoms with E-state index in [-0.39, 0.29) is 18.1 Å². The van der Waals surface area contributed by atoms with Crippen molar-refractivity contribution in [1.82, 2.24) is 15.5 Å². The summed E-state index contributed by atoms with van der Waals surface area (Å²) in [5.74, 6) is 2.57. The number of rotatable bonds is 6. The van der Waals surface area contributed by atoms with Crippen LogP contribution in [0.15, 0.2) is 28.8 Å². The molecule has 146 valence electrons. The first-order valence-corrected chi connectivity index (χ1v) is 10.7. The molecule has 1 N–H and O–H groups in total. The normalized spacial score (nSPS) is 22.6. The molecule has 5 rings (SSSR count). The van der Waals surface area contributed by atoms with Gasteiger partial charge in [0.05, 0.1) is 33.1 Å². The van der Waals surface area contributed by atoms with E-state index < -0.39 is 0 Å². The van der Waals surface area contributed by atoms with Crippen LogP contribution in [0.25, 0.3) is 10.2 Å². The van der Waals surface area contributed by atoms with Crippen LogP contribution in [-0.4, -0.2) is 22.2 Å². The second-order valence-electron chi connectivity index (χ2n) is 7.94. The summed E-state index contributed by atoms with van der Waals surface area (Å²) < 4.78 is 12.8. The average Bonchev–Trinajstić information content (AvgIpc) is 3.20. The van der Waals surface area contributed by atoms with Crippen molar-refractivity contribution < 1.29 is 14.1 Å². The molecule has 2 saturated carbocycles. The van der Waals surface area contributed by atoms with Crippen LogP contribution < -0.4 is 10.1 Å². The fourth-order valence-electron chi connectivity index (χ4n) is 3.67. The van der Waals surface area contributed by atoms with Crippen LogP contribution in [0.5, 0.6) is 5.75 Å². The summed E-state index contributed by atoms with van der Waals surface area (Å²) in [6.07, 6.45) is 4.61. The highest BCUT2D eigenvalue weighted by Crippen LogP contribution is 2.44. The summed E-state index contributed by atoms with van der Waals surface area (Å²) >= 11 is 1.80. The summed E-state index contributed by atoms with van der Waals surface area (Å²) in [6.45, 7) is 3.39. The van der Waals surface area contributed by atoms with E-state index in [1.165, 1.54) is 29.5 Å². The number of hydrogen-bond donors (Lipinski definition) is 1. The molecule has 1 amide bonds. The molecule has 0 saturated heterocycles. The van der Waals surface area contributed by atoms with Gasteiger partial charge in [0.25, 0.3) is 0 Å². The van der Waals surface area contributed by atoms with Gasteiger partial charge in [0.2, 0.25) is 5.91 Å². The van der Waals surface area contributed by atoms with Crippen molar-refractivity contribution in [3.63, 3.8) is 0 Å².